The molecule has 0 aromatic heterocycles. The van der Waals surface area contributed by atoms with Gasteiger partial charge in [0.1, 0.15) is 6.61 Å². The van der Waals surface area contributed by atoms with E-state index in [1.54, 1.807) is 19.3 Å². The van der Waals surface area contributed by atoms with E-state index in [9.17, 15) is 4.79 Å². The van der Waals surface area contributed by atoms with Gasteiger partial charge in [0.15, 0.2) is 11.5 Å². The second kappa shape index (κ2) is 8.58. The molecule has 2 rings (SSSR count). The van der Waals surface area contributed by atoms with Gasteiger partial charge >= 0.3 is 0 Å². The Balaban J connectivity index is 2.33. The summed E-state index contributed by atoms with van der Waals surface area (Å²) < 4.78 is 11.4. The largest absolute Gasteiger partial charge is 0.493 e. The molecule has 124 valence electrons. The maximum atomic E-state index is 10.9. The van der Waals surface area contributed by atoms with Crippen molar-refractivity contribution in [2.24, 2.45) is 5.73 Å². The highest BCUT2D eigenvalue weighted by Gasteiger charge is 2.12. The van der Waals surface area contributed by atoms with E-state index in [2.05, 4.69) is 6.58 Å². The van der Waals surface area contributed by atoms with Crippen molar-refractivity contribution in [1.29, 1.82) is 0 Å². The maximum absolute atomic E-state index is 10.9. The van der Waals surface area contributed by atoms with E-state index in [4.69, 9.17) is 15.2 Å². The third-order valence-electron chi connectivity index (χ3n) is 3.40. The molecule has 0 fully saturated rings. The van der Waals surface area contributed by atoms with E-state index >= 15 is 0 Å². The van der Waals surface area contributed by atoms with E-state index < -0.39 is 5.91 Å². The lowest BCUT2D eigenvalue weighted by Crippen LogP contribution is -2.05. The minimum Gasteiger partial charge on any atom is -0.493 e. The van der Waals surface area contributed by atoms with E-state index in [0.717, 1.165) is 16.7 Å². The van der Waals surface area contributed by atoms with Gasteiger partial charge in [-0.3, -0.25) is 4.79 Å². The molecule has 24 heavy (non-hydrogen) atoms. The summed E-state index contributed by atoms with van der Waals surface area (Å²) in [5.41, 5.74) is 7.97. The summed E-state index contributed by atoms with van der Waals surface area (Å²) in [5.74, 6) is 0.788. The van der Waals surface area contributed by atoms with Crippen molar-refractivity contribution in [1.82, 2.24) is 0 Å². The number of hydrogen-bond acceptors (Lipinski definition) is 3. The van der Waals surface area contributed by atoms with Crippen LogP contribution in [0.1, 0.15) is 16.7 Å². The molecular weight excluding hydrogens is 302 g/mol. The fourth-order valence-corrected chi connectivity index (χ4v) is 2.31. The number of primary amides is 1. The molecule has 2 aromatic rings. The second-order valence-electron chi connectivity index (χ2n) is 5.21. The highest BCUT2D eigenvalue weighted by molar-refractivity contribution is 5.90. The van der Waals surface area contributed by atoms with Crippen LogP contribution in [0.4, 0.5) is 0 Å². The smallest absolute Gasteiger partial charge is 0.241 e. The number of rotatable bonds is 8. The molecule has 0 atom stereocenters. The Morgan fingerprint density at radius 2 is 2.00 bits per heavy atom. The maximum Gasteiger partial charge on any atom is 0.241 e. The number of methoxy groups -OCH3 is 1. The predicted molar refractivity (Wildman–Crippen MR) is 95.9 cm³/mol. The lowest BCUT2D eigenvalue weighted by molar-refractivity contribution is -0.113. The van der Waals surface area contributed by atoms with Crippen molar-refractivity contribution in [3.63, 3.8) is 0 Å². The zero-order valence-corrected chi connectivity index (χ0v) is 13.7. The summed E-state index contributed by atoms with van der Waals surface area (Å²) in [7, 11) is 1.59. The average Bonchev–Trinajstić information content (AvgIpc) is 2.59. The Hall–Kier alpha value is -3.01. The number of nitrogens with two attached hydrogens (primary N) is 1. The molecule has 2 N–H and O–H groups in total. The van der Waals surface area contributed by atoms with Crippen molar-refractivity contribution < 1.29 is 14.3 Å². The molecule has 0 aliphatic rings. The van der Waals surface area contributed by atoms with Crippen LogP contribution in [0.25, 0.3) is 6.08 Å². The first-order valence-corrected chi connectivity index (χ1v) is 7.60. The third kappa shape index (κ3) is 4.74. The Kier molecular flexibility index (Phi) is 6.20. The van der Waals surface area contributed by atoms with E-state index in [-0.39, 0.29) is 0 Å². The molecule has 4 nitrogen and oxygen atoms in total. The highest BCUT2D eigenvalue weighted by atomic mass is 16.5. The number of benzene rings is 2. The number of amides is 1. The molecule has 0 spiro atoms. The molecule has 0 bridgehead atoms. The van der Waals surface area contributed by atoms with Crippen molar-refractivity contribution in [2.75, 3.05) is 7.11 Å². The minimum absolute atomic E-state index is 0.442. The summed E-state index contributed by atoms with van der Waals surface area (Å²) in [6.07, 6.45) is 5.39. The summed E-state index contributed by atoms with van der Waals surface area (Å²) >= 11 is 0. The van der Waals surface area contributed by atoms with Gasteiger partial charge in [-0.15, -0.1) is 6.58 Å². The first-order chi connectivity index (χ1) is 11.6. The number of ether oxygens (including phenoxy) is 2. The van der Waals surface area contributed by atoms with Crippen LogP contribution in [0.3, 0.4) is 0 Å². The van der Waals surface area contributed by atoms with Crippen molar-refractivity contribution in [3.05, 3.63) is 77.9 Å². The number of carbonyl (C=O) groups excluding carboxylic acids is 1. The molecule has 4 heteroatoms. The minimum atomic E-state index is -0.497. The topological polar surface area (TPSA) is 61.6 Å². The van der Waals surface area contributed by atoms with Crippen LogP contribution in [-0.2, 0) is 17.8 Å². The predicted octanol–water partition coefficient (Wildman–Crippen LogP) is 3.50. The summed E-state index contributed by atoms with van der Waals surface area (Å²) in [6, 6.07) is 13.7. The van der Waals surface area contributed by atoms with Crippen LogP contribution >= 0.6 is 0 Å². The van der Waals surface area contributed by atoms with Crippen LogP contribution in [-0.4, -0.2) is 13.0 Å². The molecule has 0 unspecified atom stereocenters. The van der Waals surface area contributed by atoms with E-state index in [1.165, 1.54) is 6.08 Å². The fraction of sp³-hybridized carbons (Fsp3) is 0.150. The molecule has 2 aromatic carbocycles. The number of carbonyl (C=O) groups is 1. The standard InChI is InChI=1S/C20H21NO3/c1-3-7-17-12-16(10-11-19(21)22)13-18(23-2)20(17)24-14-15-8-5-4-6-9-15/h3-6,8-13H,1,7,14H2,2H3,(H2,21,22). The highest BCUT2D eigenvalue weighted by Crippen LogP contribution is 2.34. The van der Waals surface area contributed by atoms with Crippen LogP contribution in [0.15, 0.2) is 61.2 Å². The van der Waals surface area contributed by atoms with Gasteiger partial charge in [-0.25, -0.2) is 0 Å². The van der Waals surface area contributed by atoms with Crippen LogP contribution in [0.2, 0.25) is 0 Å². The van der Waals surface area contributed by atoms with E-state index in [1.807, 2.05) is 42.5 Å². The number of hydrogen-bond donors (Lipinski definition) is 1. The lowest BCUT2D eigenvalue weighted by atomic mass is 10.0. The zero-order chi connectivity index (χ0) is 17.4. The third-order valence-corrected chi connectivity index (χ3v) is 3.40. The lowest BCUT2D eigenvalue weighted by Gasteiger charge is -2.16. The van der Waals surface area contributed by atoms with Crippen LogP contribution < -0.4 is 15.2 Å². The second-order valence-corrected chi connectivity index (χ2v) is 5.21. The molecule has 0 radical (unpaired) electrons. The molecule has 0 saturated heterocycles. The molecule has 0 saturated carbocycles. The van der Waals surface area contributed by atoms with Gasteiger partial charge in [0.05, 0.1) is 7.11 Å². The Bertz CT molecular complexity index is 736. The monoisotopic (exact) mass is 323 g/mol. The molecule has 0 aliphatic heterocycles. The fourth-order valence-electron chi connectivity index (χ4n) is 2.31. The van der Waals surface area contributed by atoms with Gasteiger partial charge in [-0.05, 0) is 35.8 Å². The Labute approximate surface area is 142 Å². The van der Waals surface area contributed by atoms with Gasteiger partial charge in [-0.1, -0.05) is 36.4 Å². The van der Waals surface area contributed by atoms with Crippen LogP contribution in [0.5, 0.6) is 11.5 Å². The van der Waals surface area contributed by atoms with E-state index in [0.29, 0.717) is 24.5 Å². The first-order valence-electron chi connectivity index (χ1n) is 7.60. The zero-order valence-electron chi connectivity index (χ0n) is 13.7. The normalized spacial score (nSPS) is 10.5. The Morgan fingerprint density at radius 3 is 2.62 bits per heavy atom. The SMILES string of the molecule is C=CCc1cc(C=CC(N)=O)cc(OC)c1OCc1ccccc1. The van der Waals surface area contributed by atoms with Crippen LogP contribution in [0, 0.1) is 0 Å². The van der Waals surface area contributed by atoms with Gasteiger partial charge in [0, 0.05) is 11.6 Å². The van der Waals surface area contributed by atoms with Gasteiger partial charge in [0.2, 0.25) is 5.91 Å². The van der Waals surface area contributed by atoms with Crippen molar-refractivity contribution in [2.45, 2.75) is 13.0 Å². The first kappa shape index (κ1) is 17.3. The average molecular weight is 323 g/mol. The van der Waals surface area contributed by atoms with Crippen molar-refractivity contribution >= 4 is 12.0 Å². The molecular formula is C20H21NO3. The quantitative estimate of drug-likeness (QED) is 0.597. The molecule has 0 heterocycles. The summed E-state index contributed by atoms with van der Waals surface area (Å²) in [5, 5.41) is 0. The van der Waals surface area contributed by atoms with Gasteiger partial charge in [0.25, 0.3) is 0 Å². The van der Waals surface area contributed by atoms with Crippen molar-refractivity contribution in [3.8, 4) is 11.5 Å². The molecule has 1 amide bonds. The van der Waals surface area contributed by atoms with Gasteiger partial charge in [-0.2, -0.15) is 0 Å². The number of allylic oxidation sites excluding steroid dienone is 1. The summed E-state index contributed by atoms with van der Waals surface area (Å²) in [4.78, 5) is 10.9. The Morgan fingerprint density at radius 1 is 1.25 bits per heavy atom. The van der Waals surface area contributed by atoms with Gasteiger partial charge < -0.3 is 15.2 Å². The molecule has 0 aliphatic carbocycles. The summed E-state index contributed by atoms with van der Waals surface area (Å²) in [6.45, 7) is 4.23.